The fourth-order valence-corrected chi connectivity index (χ4v) is 3.35. The Bertz CT molecular complexity index is 830. The quantitative estimate of drug-likeness (QED) is 0.675. The fourth-order valence-electron chi connectivity index (χ4n) is 3.35. The van der Waals surface area contributed by atoms with Crippen molar-refractivity contribution >= 4 is 23.4 Å². The highest BCUT2D eigenvalue weighted by Crippen LogP contribution is 2.18. The molecule has 1 aliphatic carbocycles. The summed E-state index contributed by atoms with van der Waals surface area (Å²) in [5.41, 5.74) is 1.79. The zero-order valence-corrected chi connectivity index (χ0v) is 15.7. The largest absolute Gasteiger partial charge is 0.352 e. The number of carbonyl (C=O) groups excluding carboxylic acids is 3. The van der Waals surface area contributed by atoms with Crippen molar-refractivity contribution in [3.8, 4) is 0 Å². The highest BCUT2D eigenvalue weighted by molar-refractivity contribution is 6.40. The van der Waals surface area contributed by atoms with Gasteiger partial charge in [-0.25, -0.2) is 0 Å². The summed E-state index contributed by atoms with van der Waals surface area (Å²) < 4.78 is 0. The second-order valence-corrected chi connectivity index (χ2v) is 6.95. The van der Waals surface area contributed by atoms with Gasteiger partial charge in [0.1, 0.15) is 0 Å². The lowest BCUT2D eigenvalue weighted by Crippen LogP contribution is -2.41. The molecule has 0 aliphatic heterocycles. The molecule has 1 aliphatic rings. The highest BCUT2D eigenvalue weighted by atomic mass is 16.2. The number of hydrogen-bond donors (Lipinski definition) is 3. The van der Waals surface area contributed by atoms with E-state index in [9.17, 15) is 14.4 Å². The molecule has 2 aromatic carbocycles. The number of rotatable bonds is 6. The van der Waals surface area contributed by atoms with Crippen molar-refractivity contribution in [3.63, 3.8) is 0 Å². The van der Waals surface area contributed by atoms with Crippen LogP contribution in [-0.2, 0) is 16.0 Å². The first-order valence-corrected chi connectivity index (χ1v) is 9.66. The maximum Gasteiger partial charge on any atom is 0.313 e. The van der Waals surface area contributed by atoms with E-state index in [1.165, 1.54) is 0 Å². The molecule has 0 unspecified atom stereocenters. The standard InChI is InChI=1S/C22H25N3O3/c26-20(23-15-14-16-8-2-1-3-9-16)18-12-6-7-13-19(18)25-22(28)21(27)24-17-10-4-5-11-17/h1-3,6-9,12-13,17H,4-5,10-11,14-15H2,(H,23,26)(H,24,27)(H,25,28). The fraction of sp³-hybridized carbons (Fsp3) is 0.318. The number of benzene rings is 2. The van der Waals surface area contributed by atoms with Crippen LogP contribution in [0.3, 0.4) is 0 Å². The molecule has 0 aromatic heterocycles. The summed E-state index contributed by atoms with van der Waals surface area (Å²) in [5, 5.41) is 8.17. The molecule has 28 heavy (non-hydrogen) atoms. The van der Waals surface area contributed by atoms with Crippen molar-refractivity contribution in [2.45, 2.75) is 38.1 Å². The third-order valence-corrected chi connectivity index (χ3v) is 4.86. The topological polar surface area (TPSA) is 87.3 Å². The SMILES string of the molecule is O=C(Nc1ccccc1C(=O)NCCc1ccccc1)C(=O)NC1CCCC1. The summed E-state index contributed by atoms with van der Waals surface area (Å²) in [6, 6.07) is 16.6. The van der Waals surface area contributed by atoms with Crippen LogP contribution in [0.15, 0.2) is 54.6 Å². The zero-order valence-electron chi connectivity index (χ0n) is 15.7. The molecule has 6 heteroatoms. The molecule has 146 valence electrons. The predicted molar refractivity (Wildman–Crippen MR) is 108 cm³/mol. The van der Waals surface area contributed by atoms with Gasteiger partial charge in [0, 0.05) is 12.6 Å². The number of hydrogen-bond acceptors (Lipinski definition) is 3. The normalized spacial score (nSPS) is 13.7. The third kappa shape index (κ3) is 5.42. The van der Waals surface area contributed by atoms with Gasteiger partial charge in [-0.1, -0.05) is 55.3 Å². The Balaban J connectivity index is 1.56. The van der Waals surface area contributed by atoms with E-state index in [4.69, 9.17) is 0 Å². The first-order valence-electron chi connectivity index (χ1n) is 9.66. The van der Waals surface area contributed by atoms with Gasteiger partial charge in [0.05, 0.1) is 11.3 Å². The Morgan fingerprint density at radius 1 is 0.857 bits per heavy atom. The molecule has 3 amide bonds. The van der Waals surface area contributed by atoms with E-state index in [0.29, 0.717) is 24.2 Å². The van der Waals surface area contributed by atoms with Gasteiger partial charge in [-0.15, -0.1) is 0 Å². The number of amides is 3. The summed E-state index contributed by atoms with van der Waals surface area (Å²) >= 11 is 0. The Morgan fingerprint density at radius 2 is 1.54 bits per heavy atom. The van der Waals surface area contributed by atoms with Crippen LogP contribution < -0.4 is 16.0 Å². The second-order valence-electron chi connectivity index (χ2n) is 6.95. The molecule has 1 fully saturated rings. The van der Waals surface area contributed by atoms with Gasteiger partial charge < -0.3 is 16.0 Å². The number of nitrogens with one attached hydrogen (secondary N) is 3. The molecule has 0 bridgehead atoms. The average molecular weight is 379 g/mol. The third-order valence-electron chi connectivity index (χ3n) is 4.86. The maximum atomic E-state index is 12.5. The van der Waals surface area contributed by atoms with Crippen LogP contribution in [0.1, 0.15) is 41.6 Å². The van der Waals surface area contributed by atoms with Crippen LogP contribution in [-0.4, -0.2) is 30.3 Å². The van der Waals surface area contributed by atoms with Crippen molar-refractivity contribution in [2.24, 2.45) is 0 Å². The van der Waals surface area contributed by atoms with Crippen molar-refractivity contribution in [1.82, 2.24) is 10.6 Å². The summed E-state index contributed by atoms with van der Waals surface area (Å²) in [6.45, 7) is 0.479. The van der Waals surface area contributed by atoms with Gasteiger partial charge in [-0.2, -0.15) is 0 Å². The molecule has 0 atom stereocenters. The van der Waals surface area contributed by atoms with Crippen LogP contribution in [0.2, 0.25) is 0 Å². The average Bonchev–Trinajstić information content (AvgIpc) is 3.22. The minimum absolute atomic E-state index is 0.0646. The van der Waals surface area contributed by atoms with Crippen LogP contribution in [0.4, 0.5) is 5.69 Å². The van der Waals surface area contributed by atoms with Crippen LogP contribution in [0.5, 0.6) is 0 Å². The predicted octanol–water partition coefficient (Wildman–Crippen LogP) is 2.66. The molecule has 0 saturated heterocycles. The Hall–Kier alpha value is -3.15. The van der Waals surface area contributed by atoms with E-state index < -0.39 is 11.8 Å². The van der Waals surface area contributed by atoms with Crippen LogP contribution >= 0.6 is 0 Å². The lowest BCUT2D eigenvalue weighted by molar-refractivity contribution is -0.136. The minimum Gasteiger partial charge on any atom is -0.352 e. The molecule has 0 radical (unpaired) electrons. The van der Waals surface area contributed by atoms with Gasteiger partial charge in [-0.3, -0.25) is 14.4 Å². The highest BCUT2D eigenvalue weighted by Gasteiger charge is 2.22. The smallest absolute Gasteiger partial charge is 0.313 e. The van der Waals surface area contributed by atoms with E-state index in [0.717, 1.165) is 31.2 Å². The molecule has 2 aromatic rings. The van der Waals surface area contributed by atoms with Crippen molar-refractivity contribution < 1.29 is 14.4 Å². The van der Waals surface area contributed by atoms with Gasteiger partial charge in [-0.05, 0) is 37.0 Å². The van der Waals surface area contributed by atoms with Crippen molar-refractivity contribution in [3.05, 3.63) is 65.7 Å². The van der Waals surface area contributed by atoms with E-state index >= 15 is 0 Å². The number of carbonyl (C=O) groups is 3. The molecule has 1 saturated carbocycles. The first kappa shape index (κ1) is 19.6. The summed E-state index contributed by atoms with van der Waals surface area (Å²) in [4.78, 5) is 36.8. The van der Waals surface area contributed by atoms with Crippen molar-refractivity contribution in [1.29, 1.82) is 0 Å². The van der Waals surface area contributed by atoms with Crippen LogP contribution in [0, 0.1) is 0 Å². The Labute approximate surface area is 164 Å². The summed E-state index contributed by atoms with van der Waals surface area (Å²) in [6.07, 6.45) is 4.65. The molecule has 3 rings (SSSR count). The van der Waals surface area contributed by atoms with Crippen molar-refractivity contribution in [2.75, 3.05) is 11.9 Å². The lowest BCUT2D eigenvalue weighted by Gasteiger charge is -2.13. The van der Waals surface area contributed by atoms with E-state index in [2.05, 4.69) is 16.0 Å². The lowest BCUT2D eigenvalue weighted by atomic mass is 10.1. The number of anilines is 1. The molecule has 3 N–H and O–H groups in total. The maximum absolute atomic E-state index is 12.5. The summed E-state index contributed by atoms with van der Waals surface area (Å²) in [5.74, 6) is -1.70. The van der Waals surface area contributed by atoms with Gasteiger partial charge in [0.2, 0.25) is 0 Å². The monoisotopic (exact) mass is 379 g/mol. The molecule has 6 nitrogen and oxygen atoms in total. The molecule has 0 spiro atoms. The van der Waals surface area contributed by atoms with Crippen LogP contribution in [0.25, 0.3) is 0 Å². The van der Waals surface area contributed by atoms with Gasteiger partial charge in [0.15, 0.2) is 0 Å². The Morgan fingerprint density at radius 3 is 2.29 bits per heavy atom. The van der Waals surface area contributed by atoms with E-state index in [1.54, 1.807) is 24.3 Å². The van der Waals surface area contributed by atoms with E-state index in [1.807, 2.05) is 30.3 Å². The molecule has 0 heterocycles. The van der Waals surface area contributed by atoms with E-state index in [-0.39, 0.29) is 11.9 Å². The molecular weight excluding hydrogens is 354 g/mol. The molecular formula is C22H25N3O3. The zero-order chi connectivity index (χ0) is 19.8. The number of para-hydroxylation sites is 1. The van der Waals surface area contributed by atoms with Gasteiger partial charge >= 0.3 is 11.8 Å². The summed E-state index contributed by atoms with van der Waals surface area (Å²) in [7, 11) is 0. The Kier molecular flexibility index (Phi) is 6.78. The minimum atomic E-state index is -0.753. The first-order chi connectivity index (χ1) is 13.6. The second kappa shape index (κ2) is 9.69. The van der Waals surface area contributed by atoms with Gasteiger partial charge in [0.25, 0.3) is 5.91 Å².